The van der Waals surface area contributed by atoms with Crippen LogP contribution in [0.5, 0.6) is 0 Å². The molecule has 1 heterocycles. The third kappa shape index (κ3) is 2.63. The molecule has 0 bridgehead atoms. The Kier molecular flexibility index (Phi) is 3.03. The van der Waals surface area contributed by atoms with Gasteiger partial charge in [0.1, 0.15) is 5.69 Å². The van der Waals surface area contributed by atoms with Crippen molar-refractivity contribution >= 4 is 17.6 Å². The van der Waals surface area contributed by atoms with Gasteiger partial charge < -0.3 is 5.11 Å². The highest BCUT2D eigenvalue weighted by Crippen LogP contribution is 2.39. The average molecular weight is 277 g/mol. The molecule has 1 saturated carbocycles. The van der Waals surface area contributed by atoms with Crippen LogP contribution in [0.25, 0.3) is 0 Å². The van der Waals surface area contributed by atoms with E-state index in [2.05, 4.69) is 5.10 Å². The summed E-state index contributed by atoms with van der Waals surface area (Å²) in [6.07, 6.45) is 2.22. The van der Waals surface area contributed by atoms with Crippen molar-refractivity contribution in [3.05, 3.63) is 52.3 Å². The fourth-order valence-electron chi connectivity index (χ4n) is 2.07. The Hall–Kier alpha value is -1.81. The molecule has 0 atom stereocenters. The standard InChI is InChI=1S/C14H13ClN2O2/c15-11-5-1-9(2-6-11)8-17-13(14(18)19)7-12(16-17)10-3-4-10/h1-2,5-7,10H,3-4,8H2,(H,18,19). The minimum absolute atomic E-state index is 0.247. The second kappa shape index (κ2) is 4.70. The van der Waals surface area contributed by atoms with Crippen LogP contribution in [0.2, 0.25) is 5.02 Å². The van der Waals surface area contributed by atoms with E-state index in [1.165, 1.54) is 0 Å². The lowest BCUT2D eigenvalue weighted by Gasteiger charge is -2.04. The van der Waals surface area contributed by atoms with E-state index in [0.29, 0.717) is 17.5 Å². The number of hydrogen-bond donors (Lipinski definition) is 1. The first-order chi connectivity index (χ1) is 9.13. The van der Waals surface area contributed by atoms with Crippen molar-refractivity contribution in [2.75, 3.05) is 0 Å². The van der Waals surface area contributed by atoms with Gasteiger partial charge in [-0.25, -0.2) is 4.79 Å². The molecule has 2 aromatic rings. The van der Waals surface area contributed by atoms with Crippen LogP contribution in [-0.4, -0.2) is 20.9 Å². The van der Waals surface area contributed by atoms with E-state index in [1.807, 2.05) is 12.1 Å². The summed E-state index contributed by atoms with van der Waals surface area (Å²) < 4.78 is 1.55. The summed E-state index contributed by atoms with van der Waals surface area (Å²) in [5.41, 5.74) is 2.13. The van der Waals surface area contributed by atoms with Gasteiger partial charge in [0.25, 0.3) is 0 Å². The number of benzene rings is 1. The Labute approximate surface area is 115 Å². The third-order valence-corrected chi connectivity index (χ3v) is 3.51. The van der Waals surface area contributed by atoms with Crippen molar-refractivity contribution in [1.82, 2.24) is 9.78 Å². The maximum absolute atomic E-state index is 11.2. The van der Waals surface area contributed by atoms with E-state index in [4.69, 9.17) is 11.6 Å². The predicted molar refractivity (Wildman–Crippen MR) is 71.7 cm³/mol. The van der Waals surface area contributed by atoms with Crippen LogP contribution in [0.3, 0.4) is 0 Å². The average Bonchev–Trinajstić information content (AvgIpc) is 3.14. The van der Waals surface area contributed by atoms with Crippen LogP contribution in [0.4, 0.5) is 0 Å². The van der Waals surface area contributed by atoms with E-state index in [1.54, 1.807) is 22.9 Å². The normalized spacial score (nSPS) is 14.6. The molecule has 1 aromatic carbocycles. The molecule has 0 spiro atoms. The molecule has 98 valence electrons. The number of halogens is 1. The Morgan fingerprint density at radius 1 is 1.37 bits per heavy atom. The predicted octanol–water partition coefficient (Wildman–Crippen LogP) is 3.16. The fraction of sp³-hybridized carbons (Fsp3) is 0.286. The number of rotatable bonds is 4. The van der Waals surface area contributed by atoms with Crippen molar-refractivity contribution in [3.63, 3.8) is 0 Å². The van der Waals surface area contributed by atoms with Crippen molar-refractivity contribution in [2.45, 2.75) is 25.3 Å². The zero-order valence-electron chi connectivity index (χ0n) is 10.2. The minimum atomic E-state index is -0.937. The Balaban J connectivity index is 1.90. The molecule has 0 unspecified atom stereocenters. The maximum Gasteiger partial charge on any atom is 0.354 e. The number of aromatic nitrogens is 2. The van der Waals surface area contributed by atoms with Crippen LogP contribution in [0, 0.1) is 0 Å². The second-order valence-corrected chi connectivity index (χ2v) is 5.25. The molecule has 1 aliphatic carbocycles. The van der Waals surface area contributed by atoms with E-state index >= 15 is 0 Å². The maximum atomic E-state index is 11.2. The number of carbonyl (C=O) groups is 1. The fourth-order valence-corrected chi connectivity index (χ4v) is 2.20. The van der Waals surface area contributed by atoms with Gasteiger partial charge in [-0.2, -0.15) is 5.10 Å². The van der Waals surface area contributed by atoms with Gasteiger partial charge in [-0.1, -0.05) is 23.7 Å². The summed E-state index contributed by atoms with van der Waals surface area (Å²) in [4.78, 5) is 11.2. The second-order valence-electron chi connectivity index (χ2n) is 4.82. The molecule has 0 amide bonds. The van der Waals surface area contributed by atoms with Crippen LogP contribution >= 0.6 is 11.6 Å². The number of nitrogens with zero attached hydrogens (tertiary/aromatic N) is 2. The molecule has 1 aliphatic rings. The molecule has 19 heavy (non-hydrogen) atoms. The van der Waals surface area contributed by atoms with Crippen LogP contribution < -0.4 is 0 Å². The summed E-state index contributed by atoms with van der Waals surface area (Å²) in [5.74, 6) is -0.488. The van der Waals surface area contributed by atoms with E-state index < -0.39 is 5.97 Å². The Morgan fingerprint density at radius 3 is 2.63 bits per heavy atom. The van der Waals surface area contributed by atoms with Gasteiger partial charge >= 0.3 is 5.97 Å². The van der Waals surface area contributed by atoms with Gasteiger partial charge in [0.05, 0.1) is 12.2 Å². The van der Waals surface area contributed by atoms with E-state index in [-0.39, 0.29) is 5.69 Å². The number of aromatic carboxylic acids is 1. The SMILES string of the molecule is O=C(O)c1cc(C2CC2)nn1Cc1ccc(Cl)cc1. The zero-order valence-corrected chi connectivity index (χ0v) is 11.0. The molecular formula is C14H13ClN2O2. The molecule has 1 N–H and O–H groups in total. The Bertz CT molecular complexity index is 615. The molecule has 0 aliphatic heterocycles. The van der Waals surface area contributed by atoms with Crippen LogP contribution in [-0.2, 0) is 6.54 Å². The molecule has 1 fully saturated rings. The number of carboxylic acid groups (broad SMARTS) is 1. The van der Waals surface area contributed by atoms with Crippen LogP contribution in [0.1, 0.15) is 40.5 Å². The lowest BCUT2D eigenvalue weighted by Crippen LogP contribution is -2.10. The van der Waals surface area contributed by atoms with Gasteiger partial charge in [0, 0.05) is 10.9 Å². The summed E-state index contributed by atoms with van der Waals surface area (Å²) in [6.45, 7) is 0.450. The molecule has 0 saturated heterocycles. The first-order valence-corrected chi connectivity index (χ1v) is 6.57. The summed E-state index contributed by atoms with van der Waals surface area (Å²) in [7, 11) is 0. The smallest absolute Gasteiger partial charge is 0.354 e. The quantitative estimate of drug-likeness (QED) is 0.933. The molecule has 4 nitrogen and oxygen atoms in total. The van der Waals surface area contributed by atoms with Gasteiger partial charge in [-0.15, -0.1) is 0 Å². The van der Waals surface area contributed by atoms with Crippen molar-refractivity contribution in [1.29, 1.82) is 0 Å². The molecular weight excluding hydrogens is 264 g/mol. The van der Waals surface area contributed by atoms with Crippen molar-refractivity contribution in [3.8, 4) is 0 Å². The number of carboxylic acids is 1. The number of hydrogen-bond acceptors (Lipinski definition) is 2. The minimum Gasteiger partial charge on any atom is -0.477 e. The highest BCUT2D eigenvalue weighted by atomic mass is 35.5. The zero-order chi connectivity index (χ0) is 13.4. The van der Waals surface area contributed by atoms with Gasteiger partial charge in [-0.05, 0) is 36.6 Å². The summed E-state index contributed by atoms with van der Waals surface area (Å²) >= 11 is 5.83. The van der Waals surface area contributed by atoms with Gasteiger partial charge in [0.2, 0.25) is 0 Å². The molecule has 0 radical (unpaired) electrons. The van der Waals surface area contributed by atoms with Crippen molar-refractivity contribution in [2.24, 2.45) is 0 Å². The largest absolute Gasteiger partial charge is 0.477 e. The summed E-state index contributed by atoms with van der Waals surface area (Å²) in [5, 5.41) is 14.3. The lowest BCUT2D eigenvalue weighted by atomic mass is 10.2. The summed E-state index contributed by atoms with van der Waals surface area (Å²) in [6, 6.07) is 9.04. The topological polar surface area (TPSA) is 55.1 Å². The monoisotopic (exact) mass is 276 g/mol. The van der Waals surface area contributed by atoms with Gasteiger partial charge in [0.15, 0.2) is 0 Å². The highest BCUT2D eigenvalue weighted by molar-refractivity contribution is 6.30. The molecule has 1 aromatic heterocycles. The van der Waals surface area contributed by atoms with E-state index in [0.717, 1.165) is 24.1 Å². The lowest BCUT2D eigenvalue weighted by molar-refractivity contribution is 0.0684. The highest BCUT2D eigenvalue weighted by Gasteiger charge is 2.28. The first-order valence-electron chi connectivity index (χ1n) is 6.19. The molecule has 3 rings (SSSR count). The van der Waals surface area contributed by atoms with Crippen LogP contribution in [0.15, 0.2) is 30.3 Å². The Morgan fingerprint density at radius 2 is 2.05 bits per heavy atom. The first kappa shape index (κ1) is 12.2. The van der Waals surface area contributed by atoms with Crippen molar-refractivity contribution < 1.29 is 9.90 Å². The molecule has 5 heteroatoms. The van der Waals surface area contributed by atoms with E-state index in [9.17, 15) is 9.90 Å². The third-order valence-electron chi connectivity index (χ3n) is 3.26. The van der Waals surface area contributed by atoms with Gasteiger partial charge in [-0.3, -0.25) is 4.68 Å².